The Kier molecular flexibility index (Phi) is 6.01. The van der Waals surface area contributed by atoms with E-state index < -0.39 is 11.9 Å². The fourth-order valence-corrected chi connectivity index (χ4v) is 3.08. The molecule has 7 heteroatoms. The van der Waals surface area contributed by atoms with Crippen LogP contribution >= 0.6 is 0 Å². The average molecular weight is 348 g/mol. The van der Waals surface area contributed by atoms with Crippen molar-refractivity contribution in [1.29, 1.82) is 0 Å². The fourth-order valence-electron chi connectivity index (χ4n) is 3.08. The number of rotatable bonds is 7. The molecule has 0 aromatic heterocycles. The van der Waals surface area contributed by atoms with Crippen molar-refractivity contribution >= 4 is 23.5 Å². The lowest BCUT2D eigenvalue weighted by Crippen LogP contribution is -2.41. The summed E-state index contributed by atoms with van der Waals surface area (Å²) in [5, 5.41) is 9.00. The van der Waals surface area contributed by atoms with E-state index in [2.05, 4.69) is 0 Å². The quantitative estimate of drug-likeness (QED) is 0.810. The van der Waals surface area contributed by atoms with Gasteiger partial charge in [-0.1, -0.05) is 13.0 Å². The number of hydrogen-bond donors (Lipinski definition) is 1. The molecule has 25 heavy (non-hydrogen) atoms. The van der Waals surface area contributed by atoms with Crippen LogP contribution in [0.1, 0.15) is 25.3 Å². The molecule has 7 nitrogen and oxygen atoms in total. The molecule has 0 saturated carbocycles. The monoisotopic (exact) mass is 348 g/mol. The summed E-state index contributed by atoms with van der Waals surface area (Å²) in [4.78, 5) is 39.0. The van der Waals surface area contributed by atoms with Crippen LogP contribution < -0.4 is 9.64 Å². The highest BCUT2D eigenvalue weighted by Gasteiger charge is 2.38. The number of aryl methyl sites for hydroxylation is 1. The maximum Gasteiger partial charge on any atom is 0.323 e. The van der Waals surface area contributed by atoms with Crippen LogP contribution in [-0.2, 0) is 14.4 Å². The van der Waals surface area contributed by atoms with Gasteiger partial charge in [0.05, 0.1) is 18.7 Å². The van der Waals surface area contributed by atoms with Crippen molar-refractivity contribution < 1.29 is 24.2 Å². The summed E-state index contributed by atoms with van der Waals surface area (Å²) >= 11 is 0. The van der Waals surface area contributed by atoms with E-state index in [0.717, 1.165) is 5.56 Å². The molecule has 136 valence electrons. The predicted molar refractivity (Wildman–Crippen MR) is 92.7 cm³/mol. The Balaban J connectivity index is 2.20. The molecule has 1 aromatic rings. The van der Waals surface area contributed by atoms with Gasteiger partial charge in [-0.15, -0.1) is 0 Å². The van der Waals surface area contributed by atoms with Gasteiger partial charge in [-0.05, 0) is 31.0 Å². The van der Waals surface area contributed by atoms with Crippen molar-refractivity contribution in [2.75, 3.05) is 31.6 Å². The minimum Gasteiger partial charge on any atom is -0.495 e. The van der Waals surface area contributed by atoms with Gasteiger partial charge in [-0.25, -0.2) is 0 Å². The number of nitrogens with zero attached hydrogens (tertiary/aromatic N) is 2. The maximum atomic E-state index is 12.7. The second-order valence-corrected chi connectivity index (χ2v) is 6.23. The Morgan fingerprint density at radius 2 is 2.12 bits per heavy atom. The largest absolute Gasteiger partial charge is 0.495 e. The van der Waals surface area contributed by atoms with Gasteiger partial charge in [0, 0.05) is 19.5 Å². The van der Waals surface area contributed by atoms with Gasteiger partial charge in [-0.2, -0.15) is 0 Å². The Labute approximate surface area is 147 Å². The number of carboxylic acids is 1. The zero-order valence-electron chi connectivity index (χ0n) is 14.8. The van der Waals surface area contributed by atoms with Gasteiger partial charge < -0.3 is 19.6 Å². The van der Waals surface area contributed by atoms with Crippen molar-refractivity contribution in [2.45, 2.75) is 26.7 Å². The summed E-state index contributed by atoms with van der Waals surface area (Å²) in [5.41, 5.74) is 1.62. The van der Waals surface area contributed by atoms with E-state index >= 15 is 0 Å². The highest BCUT2D eigenvalue weighted by molar-refractivity contribution is 6.01. The molecule has 1 unspecified atom stereocenters. The summed E-state index contributed by atoms with van der Waals surface area (Å²) in [7, 11) is 1.53. The molecule has 1 aromatic carbocycles. The van der Waals surface area contributed by atoms with Crippen LogP contribution in [0.2, 0.25) is 0 Å². The van der Waals surface area contributed by atoms with Gasteiger partial charge >= 0.3 is 5.97 Å². The molecule has 0 aliphatic carbocycles. The third-order valence-corrected chi connectivity index (χ3v) is 4.23. The van der Waals surface area contributed by atoms with Gasteiger partial charge in [-0.3, -0.25) is 14.4 Å². The zero-order valence-corrected chi connectivity index (χ0v) is 14.8. The summed E-state index contributed by atoms with van der Waals surface area (Å²) < 4.78 is 5.33. The van der Waals surface area contributed by atoms with Crippen LogP contribution in [0.25, 0.3) is 0 Å². The van der Waals surface area contributed by atoms with Crippen LogP contribution in [-0.4, -0.2) is 54.5 Å². The summed E-state index contributed by atoms with van der Waals surface area (Å²) in [6, 6.07) is 5.53. The molecule has 2 amide bonds. The highest BCUT2D eigenvalue weighted by Crippen LogP contribution is 2.34. The molecular formula is C18H24N2O5. The van der Waals surface area contributed by atoms with Crippen LogP contribution in [0, 0.1) is 12.8 Å². The van der Waals surface area contributed by atoms with E-state index in [1.165, 1.54) is 12.0 Å². The predicted octanol–water partition coefficient (Wildman–Crippen LogP) is 1.68. The standard InChI is InChI=1S/C18H24N2O5/c1-4-7-19(11-17(22)23)18(24)13-9-16(21)20(10-13)14-8-12(2)5-6-15(14)25-3/h5-6,8,13H,4,7,9-11H2,1-3H3,(H,22,23). The van der Waals surface area contributed by atoms with Gasteiger partial charge in [0.25, 0.3) is 0 Å². The number of amides is 2. The minimum absolute atomic E-state index is 0.0791. The first-order valence-corrected chi connectivity index (χ1v) is 8.33. The topological polar surface area (TPSA) is 87.2 Å². The average Bonchev–Trinajstić information content (AvgIpc) is 2.95. The van der Waals surface area contributed by atoms with E-state index in [0.29, 0.717) is 24.4 Å². The van der Waals surface area contributed by atoms with Gasteiger partial charge in [0.2, 0.25) is 11.8 Å². The van der Waals surface area contributed by atoms with Gasteiger partial charge in [0.1, 0.15) is 12.3 Å². The van der Waals surface area contributed by atoms with E-state index in [9.17, 15) is 14.4 Å². The number of carboxylic acid groups (broad SMARTS) is 1. The Morgan fingerprint density at radius 3 is 2.72 bits per heavy atom. The van der Waals surface area contributed by atoms with Crippen LogP contribution in [0.15, 0.2) is 18.2 Å². The molecule has 1 atom stereocenters. The number of ether oxygens (including phenoxy) is 1. The van der Waals surface area contributed by atoms with E-state index in [4.69, 9.17) is 9.84 Å². The number of carbonyl (C=O) groups is 3. The summed E-state index contributed by atoms with van der Waals surface area (Å²) in [5.74, 6) is -1.46. The SMILES string of the molecule is CCCN(CC(=O)O)C(=O)C1CC(=O)N(c2cc(C)ccc2OC)C1. The van der Waals surface area contributed by atoms with E-state index in [1.807, 2.05) is 26.0 Å². The first-order chi connectivity index (χ1) is 11.9. The summed E-state index contributed by atoms with van der Waals surface area (Å²) in [6.07, 6.45) is 0.741. The maximum absolute atomic E-state index is 12.7. The first kappa shape index (κ1) is 18.8. The van der Waals surface area contributed by atoms with Crippen LogP contribution in [0.5, 0.6) is 5.75 Å². The second kappa shape index (κ2) is 8.00. The molecule has 2 rings (SSSR count). The molecule has 1 aliphatic heterocycles. The minimum atomic E-state index is -1.05. The van der Waals surface area contributed by atoms with Crippen molar-refractivity contribution in [1.82, 2.24) is 4.90 Å². The smallest absolute Gasteiger partial charge is 0.323 e. The van der Waals surface area contributed by atoms with Crippen LogP contribution in [0.3, 0.4) is 0 Å². The van der Waals surface area contributed by atoms with E-state index in [-0.39, 0.29) is 31.3 Å². The Bertz CT molecular complexity index is 673. The molecule has 0 radical (unpaired) electrons. The Hall–Kier alpha value is -2.57. The fraction of sp³-hybridized carbons (Fsp3) is 0.500. The molecule has 1 heterocycles. The lowest BCUT2D eigenvalue weighted by atomic mass is 10.1. The molecule has 1 fully saturated rings. The Morgan fingerprint density at radius 1 is 1.40 bits per heavy atom. The first-order valence-electron chi connectivity index (χ1n) is 8.33. The number of carbonyl (C=O) groups excluding carboxylic acids is 2. The number of methoxy groups -OCH3 is 1. The summed E-state index contributed by atoms with van der Waals surface area (Å²) in [6.45, 7) is 4.06. The molecule has 0 bridgehead atoms. The number of aliphatic carboxylic acids is 1. The second-order valence-electron chi connectivity index (χ2n) is 6.23. The highest BCUT2D eigenvalue weighted by atomic mass is 16.5. The molecule has 1 saturated heterocycles. The number of anilines is 1. The van der Waals surface area contributed by atoms with Crippen molar-refractivity contribution in [2.24, 2.45) is 5.92 Å². The molecule has 0 spiro atoms. The van der Waals surface area contributed by atoms with E-state index in [1.54, 1.807) is 11.0 Å². The van der Waals surface area contributed by atoms with Crippen molar-refractivity contribution in [3.05, 3.63) is 23.8 Å². The lowest BCUT2D eigenvalue weighted by Gasteiger charge is -2.24. The zero-order chi connectivity index (χ0) is 18.6. The number of hydrogen-bond acceptors (Lipinski definition) is 4. The molecule has 1 N–H and O–H groups in total. The molecular weight excluding hydrogens is 324 g/mol. The molecule has 1 aliphatic rings. The van der Waals surface area contributed by atoms with Crippen LogP contribution in [0.4, 0.5) is 5.69 Å². The van der Waals surface area contributed by atoms with Crippen molar-refractivity contribution in [3.63, 3.8) is 0 Å². The normalized spacial score (nSPS) is 16.8. The third kappa shape index (κ3) is 4.29. The van der Waals surface area contributed by atoms with Crippen molar-refractivity contribution in [3.8, 4) is 5.75 Å². The third-order valence-electron chi connectivity index (χ3n) is 4.23. The lowest BCUT2D eigenvalue weighted by molar-refractivity contribution is -0.146. The number of benzene rings is 1. The van der Waals surface area contributed by atoms with Gasteiger partial charge in [0.15, 0.2) is 0 Å².